The summed E-state index contributed by atoms with van der Waals surface area (Å²) in [5.74, 6) is 0. The molecule has 2 unspecified atom stereocenters. The van der Waals surface area contributed by atoms with Crippen LogP contribution < -0.4 is 0 Å². The van der Waals surface area contributed by atoms with E-state index in [0.29, 0.717) is 6.17 Å². The second kappa shape index (κ2) is 16.3. The van der Waals surface area contributed by atoms with Crippen molar-refractivity contribution in [2.24, 2.45) is 4.99 Å². The first-order chi connectivity index (χ1) is 13.3. The van der Waals surface area contributed by atoms with Crippen LogP contribution in [0.25, 0.3) is 0 Å². The van der Waals surface area contributed by atoms with Crippen LogP contribution in [0.15, 0.2) is 17.1 Å². The Morgan fingerprint density at radius 2 is 1.48 bits per heavy atom. The van der Waals surface area contributed by atoms with E-state index in [1.54, 1.807) is 0 Å². The number of likely N-dealkylation sites (N-methyl/N-ethyl adjacent to an activating group) is 1. The lowest BCUT2D eigenvalue weighted by Crippen LogP contribution is -2.53. The molecule has 1 heterocycles. The molecular formula is C24H47N2O+. The quantitative estimate of drug-likeness (QED) is 0.170. The zero-order valence-electron chi connectivity index (χ0n) is 18.4. The van der Waals surface area contributed by atoms with Gasteiger partial charge in [-0.05, 0) is 32.6 Å². The number of hydrogen-bond donors (Lipinski definition) is 1. The Bertz CT molecular complexity index is 394. The van der Waals surface area contributed by atoms with E-state index in [1.807, 2.05) is 0 Å². The van der Waals surface area contributed by atoms with Crippen LogP contribution in [0.4, 0.5) is 0 Å². The molecule has 0 aromatic carbocycles. The average Bonchev–Trinajstić information content (AvgIpc) is 3.08. The molecule has 2 atom stereocenters. The first-order valence-corrected chi connectivity index (χ1v) is 11.9. The Labute approximate surface area is 169 Å². The van der Waals surface area contributed by atoms with Gasteiger partial charge in [-0.2, -0.15) is 0 Å². The van der Waals surface area contributed by atoms with Gasteiger partial charge in [0.1, 0.15) is 13.1 Å². The van der Waals surface area contributed by atoms with E-state index in [0.717, 1.165) is 30.5 Å². The molecule has 0 radical (unpaired) electrons. The van der Waals surface area contributed by atoms with Crippen molar-refractivity contribution >= 4 is 6.21 Å². The Balaban J connectivity index is 1.94. The molecule has 0 saturated carbocycles. The predicted octanol–water partition coefficient (Wildman–Crippen LogP) is 6.26. The van der Waals surface area contributed by atoms with Crippen LogP contribution in [0.3, 0.4) is 0 Å². The van der Waals surface area contributed by atoms with Gasteiger partial charge in [0, 0.05) is 6.42 Å². The third-order valence-corrected chi connectivity index (χ3v) is 6.25. The summed E-state index contributed by atoms with van der Waals surface area (Å²) in [6.07, 6.45) is 26.1. The van der Waals surface area contributed by atoms with Crippen LogP contribution in [0, 0.1) is 0 Å². The van der Waals surface area contributed by atoms with Crippen molar-refractivity contribution in [2.45, 2.75) is 110 Å². The molecule has 0 spiro atoms. The van der Waals surface area contributed by atoms with Gasteiger partial charge in [0.15, 0.2) is 6.17 Å². The molecular weight excluding hydrogens is 332 g/mol. The van der Waals surface area contributed by atoms with Crippen LogP contribution in [0.2, 0.25) is 0 Å². The maximum absolute atomic E-state index is 9.36. The van der Waals surface area contributed by atoms with E-state index < -0.39 is 0 Å². The maximum Gasteiger partial charge on any atom is 0.182 e. The highest BCUT2D eigenvalue weighted by atomic mass is 16.3. The number of quaternary nitrogens is 1. The fourth-order valence-electron chi connectivity index (χ4n) is 4.28. The molecule has 1 N–H and O–H groups in total. The molecule has 1 aliphatic rings. The van der Waals surface area contributed by atoms with Crippen LogP contribution in [-0.2, 0) is 0 Å². The first kappa shape index (κ1) is 24.4. The summed E-state index contributed by atoms with van der Waals surface area (Å²) < 4.78 is 0.957. The van der Waals surface area contributed by atoms with E-state index in [9.17, 15) is 5.11 Å². The third-order valence-electron chi connectivity index (χ3n) is 6.25. The summed E-state index contributed by atoms with van der Waals surface area (Å²) in [4.78, 5) is 4.69. The standard InChI is InChI=1S/C24H47N2O/c1-3-5-6-7-8-9-10-11-12-13-14-15-16-17-18-19-24-25-20-21-26(24,4-2)22-23-27/h15-16,20,24,27H,3-14,17-19,21-23H2,1-2H3/q+1/b16-15+. The summed E-state index contributed by atoms with van der Waals surface area (Å²) in [6.45, 7) is 7.69. The fraction of sp³-hybridized carbons (Fsp3) is 0.875. The number of aliphatic hydroxyl groups is 1. The zero-order chi connectivity index (χ0) is 19.6. The lowest BCUT2D eigenvalue weighted by atomic mass is 10.1. The normalized spacial score (nSPS) is 22.3. The average molecular weight is 380 g/mol. The maximum atomic E-state index is 9.36. The van der Waals surface area contributed by atoms with Crippen molar-refractivity contribution < 1.29 is 9.59 Å². The van der Waals surface area contributed by atoms with Crippen molar-refractivity contribution in [1.29, 1.82) is 0 Å². The summed E-state index contributed by atoms with van der Waals surface area (Å²) >= 11 is 0. The van der Waals surface area contributed by atoms with Gasteiger partial charge in [-0.15, -0.1) is 0 Å². The Kier molecular flexibility index (Phi) is 14.7. The monoisotopic (exact) mass is 379 g/mol. The SMILES string of the molecule is CCCCCCCCCCCC/C=C/CCCC1N=CC[N+]1(CC)CCO. The summed E-state index contributed by atoms with van der Waals surface area (Å²) in [6, 6.07) is 0. The number of unbranched alkanes of at least 4 members (excludes halogenated alkanes) is 11. The molecule has 0 amide bonds. The van der Waals surface area contributed by atoms with Gasteiger partial charge in [0.2, 0.25) is 0 Å². The van der Waals surface area contributed by atoms with E-state index in [-0.39, 0.29) is 6.61 Å². The molecule has 0 fully saturated rings. The molecule has 0 aliphatic carbocycles. The molecule has 0 bridgehead atoms. The second-order valence-electron chi connectivity index (χ2n) is 8.35. The van der Waals surface area contributed by atoms with E-state index in [1.165, 1.54) is 83.5 Å². The van der Waals surface area contributed by atoms with Crippen molar-refractivity contribution in [2.75, 3.05) is 26.2 Å². The van der Waals surface area contributed by atoms with Gasteiger partial charge in [-0.1, -0.05) is 76.9 Å². The highest BCUT2D eigenvalue weighted by molar-refractivity contribution is 5.60. The largest absolute Gasteiger partial charge is 0.391 e. The Hall–Kier alpha value is -0.670. The second-order valence-corrected chi connectivity index (χ2v) is 8.35. The smallest absolute Gasteiger partial charge is 0.182 e. The molecule has 1 rings (SSSR count). The molecule has 1 aliphatic heterocycles. The molecule has 0 aromatic rings. The number of allylic oxidation sites excluding steroid dienone is 2. The number of rotatable bonds is 18. The number of nitrogens with zero attached hydrogens (tertiary/aromatic N) is 2. The molecule has 3 nitrogen and oxygen atoms in total. The Morgan fingerprint density at radius 3 is 2.07 bits per heavy atom. The number of aliphatic hydroxyl groups excluding tert-OH is 1. The predicted molar refractivity (Wildman–Crippen MR) is 119 cm³/mol. The minimum absolute atomic E-state index is 0.270. The summed E-state index contributed by atoms with van der Waals surface area (Å²) in [5, 5.41) is 9.36. The highest BCUT2D eigenvalue weighted by Gasteiger charge is 2.36. The van der Waals surface area contributed by atoms with Crippen LogP contribution in [-0.4, -0.2) is 48.2 Å². The van der Waals surface area contributed by atoms with E-state index in [2.05, 4.69) is 32.2 Å². The molecule has 0 saturated heterocycles. The van der Waals surface area contributed by atoms with Crippen LogP contribution in [0.5, 0.6) is 0 Å². The summed E-state index contributed by atoms with van der Waals surface area (Å²) in [5.41, 5.74) is 0. The van der Waals surface area contributed by atoms with Gasteiger partial charge >= 0.3 is 0 Å². The molecule has 158 valence electrons. The van der Waals surface area contributed by atoms with Crippen molar-refractivity contribution in [3.05, 3.63) is 12.2 Å². The Morgan fingerprint density at radius 1 is 0.889 bits per heavy atom. The zero-order valence-corrected chi connectivity index (χ0v) is 18.4. The van der Waals surface area contributed by atoms with Crippen LogP contribution in [0.1, 0.15) is 104 Å². The van der Waals surface area contributed by atoms with Crippen LogP contribution >= 0.6 is 0 Å². The van der Waals surface area contributed by atoms with Crippen molar-refractivity contribution in [3.63, 3.8) is 0 Å². The molecule has 27 heavy (non-hydrogen) atoms. The first-order valence-electron chi connectivity index (χ1n) is 11.9. The minimum atomic E-state index is 0.270. The highest BCUT2D eigenvalue weighted by Crippen LogP contribution is 2.23. The summed E-state index contributed by atoms with van der Waals surface area (Å²) in [7, 11) is 0. The van der Waals surface area contributed by atoms with E-state index in [4.69, 9.17) is 4.99 Å². The molecule has 0 aromatic heterocycles. The lowest BCUT2D eigenvalue weighted by Gasteiger charge is -2.37. The topological polar surface area (TPSA) is 32.6 Å². The lowest BCUT2D eigenvalue weighted by molar-refractivity contribution is -0.936. The molecule has 3 heteroatoms. The van der Waals surface area contributed by atoms with Crippen molar-refractivity contribution in [1.82, 2.24) is 0 Å². The minimum Gasteiger partial charge on any atom is -0.391 e. The fourth-order valence-corrected chi connectivity index (χ4v) is 4.28. The van der Waals surface area contributed by atoms with Gasteiger partial charge in [0.05, 0.1) is 19.4 Å². The third kappa shape index (κ3) is 10.4. The van der Waals surface area contributed by atoms with Gasteiger partial charge in [0.25, 0.3) is 0 Å². The van der Waals surface area contributed by atoms with E-state index >= 15 is 0 Å². The van der Waals surface area contributed by atoms with Gasteiger partial charge < -0.3 is 5.11 Å². The van der Waals surface area contributed by atoms with Gasteiger partial charge in [-0.25, -0.2) is 4.99 Å². The number of hydrogen-bond acceptors (Lipinski definition) is 2. The number of aliphatic imine (C=N–C) groups is 1. The van der Waals surface area contributed by atoms with Gasteiger partial charge in [-0.3, -0.25) is 4.48 Å². The van der Waals surface area contributed by atoms with Crippen molar-refractivity contribution in [3.8, 4) is 0 Å².